The number of rotatable bonds is 2. The van der Waals surface area contributed by atoms with Gasteiger partial charge in [0.25, 0.3) is 5.91 Å². The summed E-state index contributed by atoms with van der Waals surface area (Å²) in [5.41, 5.74) is 0.343. The Balaban J connectivity index is 1.96. The highest BCUT2D eigenvalue weighted by Gasteiger charge is 2.36. The fourth-order valence-electron chi connectivity index (χ4n) is 2.16. The topological polar surface area (TPSA) is 20.3 Å². The maximum absolute atomic E-state index is 12.9. The molecule has 0 aliphatic carbocycles. The van der Waals surface area contributed by atoms with E-state index in [2.05, 4.69) is 0 Å². The molecule has 3 rings (SSSR count). The molecule has 124 valence electrons. The van der Waals surface area contributed by atoms with Crippen LogP contribution in [0.5, 0.6) is 0 Å². The monoisotopic (exact) mass is 385 g/mol. The number of alkyl halides is 3. The van der Waals surface area contributed by atoms with Gasteiger partial charge in [-0.2, -0.15) is 13.2 Å². The molecule has 2 nitrogen and oxygen atoms in total. The van der Waals surface area contributed by atoms with Gasteiger partial charge >= 0.3 is 6.18 Å². The van der Waals surface area contributed by atoms with E-state index in [4.69, 9.17) is 12.2 Å². The lowest BCUT2D eigenvalue weighted by atomic mass is 10.2. The van der Waals surface area contributed by atoms with E-state index in [-0.39, 0.29) is 10.0 Å². The Morgan fingerprint density at radius 2 is 2.00 bits per heavy atom. The zero-order valence-electron chi connectivity index (χ0n) is 12.3. The van der Waals surface area contributed by atoms with E-state index in [0.29, 0.717) is 4.91 Å². The SMILES string of the molecule is Cc1ccsc1/C=C1\SC(=S)N(c2cccc(C(F)(F)F)c2)C1=O. The van der Waals surface area contributed by atoms with Crippen molar-refractivity contribution in [2.75, 3.05) is 4.90 Å². The Morgan fingerprint density at radius 1 is 1.25 bits per heavy atom. The van der Waals surface area contributed by atoms with Crippen molar-refractivity contribution in [2.45, 2.75) is 13.1 Å². The number of carbonyl (C=O) groups is 1. The Hall–Kier alpha value is -1.64. The molecule has 0 saturated carbocycles. The van der Waals surface area contributed by atoms with Crippen molar-refractivity contribution in [3.63, 3.8) is 0 Å². The van der Waals surface area contributed by atoms with Crippen molar-refractivity contribution in [1.29, 1.82) is 0 Å². The molecule has 1 amide bonds. The summed E-state index contributed by atoms with van der Waals surface area (Å²) in [5.74, 6) is -0.405. The molecule has 0 bridgehead atoms. The lowest BCUT2D eigenvalue weighted by Gasteiger charge is -2.16. The molecule has 1 saturated heterocycles. The summed E-state index contributed by atoms with van der Waals surface area (Å²) in [5, 5.41) is 1.91. The zero-order valence-corrected chi connectivity index (χ0v) is 14.7. The first-order valence-corrected chi connectivity index (χ1v) is 8.87. The van der Waals surface area contributed by atoms with Crippen LogP contribution in [0.3, 0.4) is 0 Å². The minimum absolute atomic E-state index is 0.124. The number of hydrogen-bond donors (Lipinski definition) is 0. The molecule has 0 radical (unpaired) electrons. The van der Waals surface area contributed by atoms with E-state index in [0.717, 1.165) is 39.2 Å². The number of nitrogens with zero attached hydrogens (tertiary/aromatic N) is 1. The van der Waals surface area contributed by atoms with Gasteiger partial charge in [0.2, 0.25) is 0 Å². The van der Waals surface area contributed by atoms with Crippen LogP contribution in [0.2, 0.25) is 0 Å². The van der Waals surface area contributed by atoms with E-state index in [9.17, 15) is 18.0 Å². The maximum Gasteiger partial charge on any atom is 0.416 e. The van der Waals surface area contributed by atoms with Crippen molar-refractivity contribution < 1.29 is 18.0 Å². The van der Waals surface area contributed by atoms with Gasteiger partial charge in [-0.1, -0.05) is 30.0 Å². The van der Waals surface area contributed by atoms with Crippen molar-refractivity contribution >= 4 is 57.3 Å². The number of amides is 1. The molecule has 0 atom stereocenters. The quantitative estimate of drug-likeness (QED) is 0.504. The summed E-state index contributed by atoms with van der Waals surface area (Å²) in [6, 6.07) is 6.54. The van der Waals surface area contributed by atoms with Crippen LogP contribution in [0.4, 0.5) is 18.9 Å². The van der Waals surface area contributed by atoms with E-state index < -0.39 is 17.6 Å². The number of anilines is 1. The zero-order chi connectivity index (χ0) is 17.5. The average Bonchev–Trinajstić information content (AvgIpc) is 3.03. The Bertz CT molecular complexity index is 854. The summed E-state index contributed by atoms with van der Waals surface area (Å²) in [4.78, 5) is 15.1. The van der Waals surface area contributed by atoms with Crippen LogP contribution in [0.25, 0.3) is 6.08 Å². The number of thiocarbonyl (C=S) groups is 1. The Morgan fingerprint density at radius 3 is 2.62 bits per heavy atom. The molecule has 8 heteroatoms. The molecule has 0 N–H and O–H groups in total. The predicted molar refractivity (Wildman–Crippen MR) is 96.2 cm³/mol. The fourth-order valence-corrected chi connectivity index (χ4v) is 4.38. The minimum Gasteiger partial charge on any atom is -0.268 e. The Labute approximate surface area is 150 Å². The van der Waals surface area contributed by atoms with E-state index in [1.807, 2.05) is 18.4 Å². The number of hydrogen-bond acceptors (Lipinski definition) is 4. The van der Waals surface area contributed by atoms with Gasteiger partial charge in [0, 0.05) is 4.88 Å². The lowest BCUT2D eigenvalue weighted by molar-refractivity contribution is -0.137. The summed E-state index contributed by atoms with van der Waals surface area (Å²) in [6.07, 6.45) is -2.74. The van der Waals surface area contributed by atoms with Crippen LogP contribution in [-0.4, -0.2) is 10.2 Å². The second-order valence-corrected chi connectivity index (χ2v) is 7.66. The third-order valence-electron chi connectivity index (χ3n) is 3.39. The number of thioether (sulfide) groups is 1. The van der Waals surface area contributed by atoms with Gasteiger partial charge in [0.1, 0.15) is 0 Å². The minimum atomic E-state index is -4.47. The van der Waals surface area contributed by atoms with Crippen molar-refractivity contribution in [3.8, 4) is 0 Å². The largest absolute Gasteiger partial charge is 0.416 e. The van der Waals surface area contributed by atoms with Crippen LogP contribution in [0.1, 0.15) is 16.0 Å². The van der Waals surface area contributed by atoms with Crippen LogP contribution in [0.15, 0.2) is 40.6 Å². The number of thiophene rings is 1. The van der Waals surface area contributed by atoms with Gasteiger partial charge in [-0.25, -0.2) is 0 Å². The molecule has 1 aromatic carbocycles. The molecule has 2 aromatic rings. The highest BCUT2D eigenvalue weighted by Crippen LogP contribution is 2.39. The highest BCUT2D eigenvalue weighted by atomic mass is 32.2. The second kappa shape index (κ2) is 6.34. The molecular weight excluding hydrogens is 375 g/mol. The van der Waals surface area contributed by atoms with Crippen LogP contribution < -0.4 is 4.90 Å². The molecule has 2 heterocycles. The first-order chi connectivity index (χ1) is 11.3. The lowest BCUT2D eigenvalue weighted by Crippen LogP contribution is -2.27. The van der Waals surface area contributed by atoms with Gasteiger partial charge in [-0.15, -0.1) is 11.3 Å². The summed E-state index contributed by atoms with van der Waals surface area (Å²) < 4.78 is 38.8. The van der Waals surface area contributed by atoms with Gasteiger partial charge in [-0.3, -0.25) is 9.69 Å². The predicted octanol–water partition coefficient (Wildman–Crippen LogP) is 5.48. The third-order valence-corrected chi connectivity index (χ3v) is 5.66. The molecule has 1 aromatic heterocycles. The number of benzene rings is 1. The number of halogens is 3. The highest BCUT2D eigenvalue weighted by molar-refractivity contribution is 8.27. The standard InChI is InChI=1S/C16H10F3NOS3/c1-9-5-6-23-12(9)8-13-14(21)20(15(22)24-13)11-4-2-3-10(7-11)16(17,18)19/h2-8H,1H3/b13-8-. The molecule has 0 unspecified atom stereocenters. The smallest absolute Gasteiger partial charge is 0.268 e. The van der Waals surface area contributed by atoms with Crippen LogP contribution in [0, 0.1) is 6.92 Å². The Kier molecular flexibility index (Phi) is 4.54. The number of aryl methyl sites for hydroxylation is 1. The van der Waals surface area contributed by atoms with E-state index >= 15 is 0 Å². The van der Waals surface area contributed by atoms with Crippen molar-refractivity contribution in [1.82, 2.24) is 0 Å². The van der Waals surface area contributed by atoms with Gasteiger partial charge in [-0.05, 0) is 48.2 Å². The van der Waals surface area contributed by atoms with E-state index in [1.54, 1.807) is 6.08 Å². The number of carbonyl (C=O) groups excluding carboxylic acids is 1. The molecule has 1 aliphatic heterocycles. The molecule has 0 spiro atoms. The first kappa shape index (κ1) is 17.2. The van der Waals surface area contributed by atoms with Gasteiger partial charge < -0.3 is 0 Å². The normalized spacial score (nSPS) is 17.2. The van der Waals surface area contributed by atoms with Crippen LogP contribution in [-0.2, 0) is 11.0 Å². The third kappa shape index (κ3) is 3.26. The summed E-state index contributed by atoms with van der Waals surface area (Å²) in [7, 11) is 0. The fraction of sp³-hybridized carbons (Fsp3) is 0.125. The average molecular weight is 385 g/mol. The van der Waals surface area contributed by atoms with Gasteiger partial charge in [0.15, 0.2) is 4.32 Å². The van der Waals surface area contributed by atoms with Crippen molar-refractivity contribution in [3.05, 3.63) is 56.6 Å². The van der Waals surface area contributed by atoms with Crippen molar-refractivity contribution in [2.24, 2.45) is 0 Å². The molecule has 1 aliphatic rings. The molecule has 1 fully saturated rings. The molecular formula is C16H10F3NOS3. The molecule has 24 heavy (non-hydrogen) atoms. The van der Waals surface area contributed by atoms with Gasteiger partial charge in [0.05, 0.1) is 16.2 Å². The summed E-state index contributed by atoms with van der Waals surface area (Å²) in [6.45, 7) is 1.93. The first-order valence-electron chi connectivity index (χ1n) is 6.76. The summed E-state index contributed by atoms with van der Waals surface area (Å²) >= 11 is 7.77. The second-order valence-electron chi connectivity index (χ2n) is 5.03. The van der Waals surface area contributed by atoms with Crippen LogP contribution >= 0.6 is 35.3 Å². The van der Waals surface area contributed by atoms with E-state index in [1.165, 1.54) is 23.5 Å². The maximum atomic E-state index is 12.9.